The zero-order chi connectivity index (χ0) is 24.6. The molecule has 0 spiro atoms. The number of aromatic nitrogens is 2. The van der Waals surface area contributed by atoms with Crippen LogP contribution in [0.15, 0.2) is 83.7 Å². The number of nitrogens with one attached hydrogen (secondary N) is 1. The lowest BCUT2D eigenvalue weighted by atomic mass is 10.00. The van der Waals surface area contributed by atoms with Gasteiger partial charge in [-0.1, -0.05) is 48.0 Å². The second-order valence-corrected chi connectivity index (χ2v) is 8.04. The first kappa shape index (κ1) is 23.9. The zero-order valence-electron chi connectivity index (χ0n) is 20.2. The van der Waals surface area contributed by atoms with Gasteiger partial charge in [0.05, 0.1) is 27.3 Å². The molecule has 0 saturated carbocycles. The van der Waals surface area contributed by atoms with Gasteiger partial charge in [-0.15, -0.1) is 0 Å². The van der Waals surface area contributed by atoms with Crippen LogP contribution in [-0.4, -0.2) is 37.2 Å². The quantitative estimate of drug-likeness (QED) is 0.336. The lowest BCUT2D eigenvalue weighted by Gasteiger charge is -2.13. The number of nitrogens with zero attached hydrogens (tertiary/aromatic N) is 2. The topological polar surface area (TPSA) is 74.6 Å². The molecule has 0 bridgehead atoms. The van der Waals surface area contributed by atoms with E-state index in [0.29, 0.717) is 37.0 Å². The maximum atomic E-state index is 12.5. The molecule has 0 saturated heterocycles. The molecule has 1 N–H and O–H groups in total. The molecule has 0 fully saturated rings. The first-order valence-electron chi connectivity index (χ1n) is 11.4. The number of para-hydroxylation sites is 2. The van der Waals surface area contributed by atoms with Crippen molar-refractivity contribution in [2.45, 2.75) is 13.5 Å². The van der Waals surface area contributed by atoms with E-state index in [1.54, 1.807) is 20.3 Å². The predicted molar refractivity (Wildman–Crippen MR) is 138 cm³/mol. The van der Waals surface area contributed by atoms with Crippen molar-refractivity contribution in [2.24, 2.45) is 0 Å². The lowest BCUT2D eigenvalue weighted by Crippen LogP contribution is -2.24. The minimum Gasteiger partial charge on any atom is -0.496 e. The number of benzene rings is 3. The molecule has 1 aromatic heterocycles. The summed E-state index contributed by atoms with van der Waals surface area (Å²) in [6, 6.07) is 24.9. The molecule has 0 unspecified atom stereocenters. The van der Waals surface area contributed by atoms with E-state index in [1.807, 2.05) is 48.5 Å². The number of hydrogen-bond acceptors (Lipinski definition) is 6. The predicted octanol–water partition coefficient (Wildman–Crippen LogP) is 4.78. The Hall–Kier alpha value is -4.26. The first-order chi connectivity index (χ1) is 17.1. The fraction of sp³-hybridized carbons (Fsp3) is 0.214. The van der Waals surface area contributed by atoms with Crippen molar-refractivity contribution in [1.82, 2.24) is 9.78 Å². The molecule has 0 aliphatic rings. The van der Waals surface area contributed by atoms with Gasteiger partial charge in [-0.2, -0.15) is 5.10 Å². The van der Waals surface area contributed by atoms with Crippen LogP contribution in [0.2, 0.25) is 0 Å². The van der Waals surface area contributed by atoms with Crippen LogP contribution in [0, 0.1) is 6.92 Å². The van der Waals surface area contributed by atoms with Crippen molar-refractivity contribution < 1.29 is 14.2 Å². The molecule has 0 aliphatic carbocycles. The fourth-order valence-electron chi connectivity index (χ4n) is 3.80. The third-order valence-corrected chi connectivity index (χ3v) is 5.53. The molecule has 0 atom stereocenters. The SMILES string of the molecule is COc1ccccc1OCCNc1ccc(=O)n(Cc2ccc(OC)c(-c3cccc(C)c3)c2)n1. The van der Waals surface area contributed by atoms with E-state index in [9.17, 15) is 4.79 Å². The van der Waals surface area contributed by atoms with E-state index in [0.717, 1.165) is 22.4 Å². The van der Waals surface area contributed by atoms with Gasteiger partial charge in [-0.25, -0.2) is 4.68 Å². The Kier molecular flexibility index (Phi) is 7.67. The number of anilines is 1. The highest BCUT2D eigenvalue weighted by atomic mass is 16.5. The Labute approximate surface area is 204 Å². The third kappa shape index (κ3) is 6.00. The standard InChI is InChI=1S/C28H29N3O4/c1-20-7-6-8-22(17-20)23-18-21(11-12-24(23)33-2)19-31-28(32)14-13-27(30-31)29-15-16-35-26-10-5-4-9-25(26)34-3/h4-14,17-18H,15-16,19H2,1-3H3,(H,29,30). The van der Waals surface area contributed by atoms with Crippen molar-refractivity contribution in [1.29, 1.82) is 0 Å². The summed E-state index contributed by atoms with van der Waals surface area (Å²) >= 11 is 0. The summed E-state index contributed by atoms with van der Waals surface area (Å²) in [6.07, 6.45) is 0. The van der Waals surface area contributed by atoms with Crippen molar-refractivity contribution in [2.75, 3.05) is 32.7 Å². The highest BCUT2D eigenvalue weighted by Crippen LogP contribution is 2.31. The van der Waals surface area contributed by atoms with E-state index in [1.165, 1.54) is 16.3 Å². The number of hydrogen-bond donors (Lipinski definition) is 1. The van der Waals surface area contributed by atoms with Crippen LogP contribution in [0.25, 0.3) is 11.1 Å². The molecule has 0 aliphatic heterocycles. The Morgan fingerprint density at radius 2 is 1.66 bits per heavy atom. The molecular weight excluding hydrogens is 442 g/mol. The zero-order valence-corrected chi connectivity index (χ0v) is 20.2. The van der Waals surface area contributed by atoms with Crippen LogP contribution in [0.3, 0.4) is 0 Å². The summed E-state index contributed by atoms with van der Waals surface area (Å²) in [5.41, 5.74) is 3.99. The highest BCUT2D eigenvalue weighted by molar-refractivity contribution is 5.71. The van der Waals surface area contributed by atoms with Gasteiger partial charge in [0.1, 0.15) is 18.2 Å². The smallest absolute Gasteiger partial charge is 0.267 e. The van der Waals surface area contributed by atoms with Crippen molar-refractivity contribution in [3.63, 3.8) is 0 Å². The maximum absolute atomic E-state index is 12.5. The van der Waals surface area contributed by atoms with Crippen LogP contribution >= 0.6 is 0 Å². The van der Waals surface area contributed by atoms with Gasteiger partial charge in [-0.3, -0.25) is 4.79 Å². The highest BCUT2D eigenvalue weighted by Gasteiger charge is 2.10. The molecule has 0 radical (unpaired) electrons. The molecule has 35 heavy (non-hydrogen) atoms. The Morgan fingerprint density at radius 3 is 2.43 bits per heavy atom. The van der Waals surface area contributed by atoms with Gasteiger partial charge in [0, 0.05) is 11.6 Å². The van der Waals surface area contributed by atoms with E-state index in [-0.39, 0.29) is 5.56 Å². The molecule has 4 rings (SSSR count). The molecule has 7 nitrogen and oxygen atoms in total. The second-order valence-electron chi connectivity index (χ2n) is 8.04. The molecule has 0 amide bonds. The van der Waals surface area contributed by atoms with Gasteiger partial charge in [-0.05, 0) is 48.4 Å². The number of rotatable bonds is 10. The van der Waals surface area contributed by atoms with E-state index >= 15 is 0 Å². The number of aryl methyl sites for hydroxylation is 1. The number of ether oxygens (including phenoxy) is 3. The second kappa shape index (κ2) is 11.2. The summed E-state index contributed by atoms with van der Waals surface area (Å²) in [5, 5.41) is 7.70. The molecule has 4 aromatic rings. The van der Waals surface area contributed by atoms with E-state index in [2.05, 4.69) is 35.5 Å². The summed E-state index contributed by atoms with van der Waals surface area (Å²) in [4.78, 5) is 12.5. The van der Waals surface area contributed by atoms with Gasteiger partial charge >= 0.3 is 0 Å². The molecule has 1 heterocycles. The van der Waals surface area contributed by atoms with Crippen LogP contribution in [0.5, 0.6) is 17.2 Å². The summed E-state index contributed by atoms with van der Waals surface area (Å²) < 4.78 is 18.1. The van der Waals surface area contributed by atoms with Gasteiger partial charge < -0.3 is 19.5 Å². The van der Waals surface area contributed by atoms with E-state index < -0.39 is 0 Å². The average molecular weight is 472 g/mol. The van der Waals surface area contributed by atoms with Gasteiger partial charge in [0.25, 0.3) is 5.56 Å². The molecule has 3 aromatic carbocycles. The molecule has 180 valence electrons. The van der Waals surface area contributed by atoms with Crippen LogP contribution in [-0.2, 0) is 6.54 Å². The summed E-state index contributed by atoms with van der Waals surface area (Å²) in [6.45, 7) is 3.33. The number of methoxy groups -OCH3 is 2. The molecule has 7 heteroatoms. The minimum atomic E-state index is -0.172. The third-order valence-electron chi connectivity index (χ3n) is 5.53. The van der Waals surface area contributed by atoms with E-state index in [4.69, 9.17) is 14.2 Å². The van der Waals surface area contributed by atoms with Crippen LogP contribution < -0.4 is 25.1 Å². The average Bonchev–Trinajstić information content (AvgIpc) is 2.88. The normalized spacial score (nSPS) is 10.6. The van der Waals surface area contributed by atoms with Crippen molar-refractivity contribution in [3.05, 3.63) is 100 Å². The molecular formula is C28H29N3O4. The fourth-order valence-corrected chi connectivity index (χ4v) is 3.80. The van der Waals surface area contributed by atoms with Crippen molar-refractivity contribution >= 4 is 5.82 Å². The lowest BCUT2D eigenvalue weighted by molar-refractivity contribution is 0.305. The van der Waals surface area contributed by atoms with Crippen molar-refractivity contribution in [3.8, 4) is 28.4 Å². The van der Waals surface area contributed by atoms with Gasteiger partial charge in [0.2, 0.25) is 0 Å². The Bertz CT molecular complexity index is 1350. The van der Waals surface area contributed by atoms with Crippen LogP contribution in [0.1, 0.15) is 11.1 Å². The van der Waals surface area contributed by atoms with Gasteiger partial charge in [0.15, 0.2) is 11.5 Å². The van der Waals surface area contributed by atoms with Crippen LogP contribution in [0.4, 0.5) is 5.82 Å². The Morgan fingerprint density at radius 1 is 0.857 bits per heavy atom. The summed E-state index contributed by atoms with van der Waals surface area (Å²) in [7, 11) is 3.27. The maximum Gasteiger partial charge on any atom is 0.267 e. The monoisotopic (exact) mass is 471 g/mol. The minimum absolute atomic E-state index is 0.172. The first-order valence-corrected chi connectivity index (χ1v) is 11.4. The Balaban J connectivity index is 1.45. The largest absolute Gasteiger partial charge is 0.496 e. The summed E-state index contributed by atoms with van der Waals surface area (Å²) in [5.74, 6) is 2.74.